The average molecular weight is 179 g/mol. The van der Waals surface area contributed by atoms with Crippen LogP contribution in [0.2, 0.25) is 5.02 Å². The lowest BCUT2D eigenvalue weighted by Crippen LogP contribution is -1.82. The molecule has 0 fully saturated rings. The molecule has 58 valence electrons. The number of aromatic hydroxyl groups is 1. The first kappa shape index (κ1) is 8.39. The third-order valence-electron chi connectivity index (χ3n) is 1.32. The number of halogens is 1. The summed E-state index contributed by atoms with van der Waals surface area (Å²) in [6.45, 7) is 0. The Kier molecular flexibility index (Phi) is 2.19. The van der Waals surface area contributed by atoms with Crippen LogP contribution in [-0.4, -0.2) is 5.11 Å². The molecule has 0 atom stereocenters. The van der Waals surface area contributed by atoms with Gasteiger partial charge in [0.1, 0.15) is 12.1 Å². The zero-order chi connectivity index (χ0) is 9.14. The summed E-state index contributed by atoms with van der Waals surface area (Å²) in [4.78, 5) is 0. The van der Waals surface area contributed by atoms with E-state index in [1.165, 1.54) is 12.1 Å². The van der Waals surface area contributed by atoms with Crippen molar-refractivity contribution in [3.05, 3.63) is 28.3 Å². The SMILES string of the molecule is N#Cc1cc(Cl)cc(C#N)c1O. The monoisotopic (exact) mass is 178 g/mol. The van der Waals surface area contributed by atoms with E-state index < -0.39 is 0 Å². The van der Waals surface area contributed by atoms with Gasteiger partial charge < -0.3 is 5.11 Å². The number of rotatable bonds is 0. The molecule has 1 aromatic rings. The minimum Gasteiger partial charge on any atom is -0.505 e. The number of nitrogens with zero attached hydrogens (tertiary/aromatic N) is 2. The lowest BCUT2D eigenvalue weighted by molar-refractivity contribution is 0.472. The number of phenols is 1. The molecule has 0 aliphatic rings. The molecule has 1 N–H and O–H groups in total. The van der Waals surface area contributed by atoms with Gasteiger partial charge in [0, 0.05) is 5.02 Å². The van der Waals surface area contributed by atoms with Crippen LogP contribution in [0.4, 0.5) is 0 Å². The summed E-state index contributed by atoms with van der Waals surface area (Å²) < 4.78 is 0. The molecule has 0 unspecified atom stereocenters. The van der Waals surface area contributed by atoms with Gasteiger partial charge >= 0.3 is 0 Å². The molecule has 1 rings (SSSR count). The van der Waals surface area contributed by atoms with Crippen LogP contribution in [0.3, 0.4) is 0 Å². The van der Waals surface area contributed by atoms with E-state index in [0.717, 1.165) is 0 Å². The van der Waals surface area contributed by atoms with Crippen LogP contribution in [0, 0.1) is 22.7 Å². The Balaban J connectivity index is 3.48. The fourth-order valence-corrected chi connectivity index (χ4v) is 0.988. The predicted octanol–water partition coefficient (Wildman–Crippen LogP) is 1.79. The van der Waals surface area contributed by atoms with Crippen LogP contribution in [0.5, 0.6) is 5.75 Å². The molecule has 3 nitrogen and oxygen atoms in total. The molecule has 0 saturated carbocycles. The maximum absolute atomic E-state index is 9.21. The largest absolute Gasteiger partial charge is 0.505 e. The highest BCUT2D eigenvalue weighted by atomic mass is 35.5. The summed E-state index contributed by atoms with van der Waals surface area (Å²) in [6, 6.07) is 6.06. The quantitative estimate of drug-likeness (QED) is 0.659. The van der Waals surface area contributed by atoms with E-state index in [1.807, 2.05) is 0 Å². The topological polar surface area (TPSA) is 67.8 Å². The van der Waals surface area contributed by atoms with Gasteiger partial charge in [-0.2, -0.15) is 10.5 Å². The van der Waals surface area contributed by atoms with Crippen molar-refractivity contribution < 1.29 is 5.11 Å². The van der Waals surface area contributed by atoms with Gasteiger partial charge in [-0.1, -0.05) is 11.6 Å². The summed E-state index contributed by atoms with van der Waals surface area (Å²) in [5.41, 5.74) is 0.0260. The van der Waals surface area contributed by atoms with Crippen molar-refractivity contribution in [2.24, 2.45) is 0 Å². The maximum Gasteiger partial charge on any atom is 0.151 e. The van der Waals surface area contributed by atoms with Crippen molar-refractivity contribution in [2.75, 3.05) is 0 Å². The molecule has 0 bridgehead atoms. The third-order valence-corrected chi connectivity index (χ3v) is 1.53. The summed E-state index contributed by atoms with van der Waals surface area (Å²) in [6.07, 6.45) is 0. The Morgan fingerprint density at radius 3 is 1.92 bits per heavy atom. The maximum atomic E-state index is 9.21. The minimum atomic E-state index is -0.315. The van der Waals surface area contributed by atoms with Crippen molar-refractivity contribution in [3.63, 3.8) is 0 Å². The van der Waals surface area contributed by atoms with E-state index in [9.17, 15) is 5.11 Å². The Labute approximate surface area is 74.0 Å². The number of nitriles is 2. The molecule has 1 aromatic carbocycles. The Hall–Kier alpha value is -1.71. The van der Waals surface area contributed by atoms with Gasteiger partial charge in [0.15, 0.2) is 5.75 Å². The van der Waals surface area contributed by atoms with E-state index in [4.69, 9.17) is 22.1 Å². The second-order valence-corrected chi connectivity index (χ2v) is 2.51. The molecule has 0 aromatic heterocycles. The van der Waals surface area contributed by atoms with Crippen molar-refractivity contribution in [3.8, 4) is 17.9 Å². The van der Waals surface area contributed by atoms with Crippen LogP contribution in [0.15, 0.2) is 12.1 Å². The fraction of sp³-hybridized carbons (Fsp3) is 0. The Morgan fingerprint density at radius 1 is 1.17 bits per heavy atom. The molecular weight excluding hydrogens is 176 g/mol. The number of hydrogen-bond donors (Lipinski definition) is 1. The molecular formula is C8H3ClN2O. The highest BCUT2D eigenvalue weighted by Gasteiger charge is 2.07. The molecule has 0 aliphatic heterocycles. The standard InChI is InChI=1S/C8H3ClN2O/c9-7-1-5(3-10)8(12)6(2-7)4-11/h1-2,12H. The van der Waals surface area contributed by atoms with Gasteiger partial charge in [-0.15, -0.1) is 0 Å². The van der Waals surface area contributed by atoms with Crippen molar-refractivity contribution in [1.29, 1.82) is 10.5 Å². The number of phenolic OH excluding ortho intramolecular Hbond substituents is 1. The average Bonchev–Trinajstić information content (AvgIpc) is 2.08. The number of hydrogen-bond acceptors (Lipinski definition) is 3. The second-order valence-electron chi connectivity index (χ2n) is 2.07. The zero-order valence-electron chi connectivity index (χ0n) is 5.87. The van der Waals surface area contributed by atoms with Crippen molar-refractivity contribution in [1.82, 2.24) is 0 Å². The van der Waals surface area contributed by atoms with E-state index in [-0.39, 0.29) is 21.9 Å². The summed E-state index contributed by atoms with van der Waals surface area (Å²) >= 11 is 5.57. The van der Waals surface area contributed by atoms with Crippen LogP contribution in [-0.2, 0) is 0 Å². The van der Waals surface area contributed by atoms with Gasteiger partial charge in [-0.3, -0.25) is 0 Å². The Bertz CT molecular complexity index is 365. The van der Waals surface area contributed by atoms with E-state index in [2.05, 4.69) is 0 Å². The van der Waals surface area contributed by atoms with Gasteiger partial charge in [0.2, 0.25) is 0 Å². The molecule has 0 spiro atoms. The van der Waals surface area contributed by atoms with Gasteiger partial charge in [0.05, 0.1) is 11.1 Å². The first-order chi connectivity index (χ1) is 5.69. The minimum absolute atomic E-state index is 0.0130. The van der Waals surface area contributed by atoms with Crippen LogP contribution >= 0.6 is 11.6 Å². The highest BCUT2D eigenvalue weighted by Crippen LogP contribution is 2.25. The second kappa shape index (κ2) is 3.13. The van der Waals surface area contributed by atoms with Crippen molar-refractivity contribution >= 4 is 11.6 Å². The van der Waals surface area contributed by atoms with Crippen LogP contribution in [0.25, 0.3) is 0 Å². The third kappa shape index (κ3) is 1.32. The lowest BCUT2D eigenvalue weighted by Gasteiger charge is -1.98. The van der Waals surface area contributed by atoms with Crippen LogP contribution in [0.1, 0.15) is 11.1 Å². The Morgan fingerprint density at radius 2 is 1.58 bits per heavy atom. The van der Waals surface area contributed by atoms with E-state index in [0.29, 0.717) is 0 Å². The van der Waals surface area contributed by atoms with Crippen LogP contribution < -0.4 is 0 Å². The summed E-state index contributed by atoms with van der Waals surface area (Å²) in [5, 5.41) is 26.4. The molecule has 0 heterocycles. The zero-order valence-corrected chi connectivity index (χ0v) is 6.63. The van der Waals surface area contributed by atoms with E-state index >= 15 is 0 Å². The summed E-state index contributed by atoms with van der Waals surface area (Å²) in [7, 11) is 0. The lowest BCUT2D eigenvalue weighted by atomic mass is 10.1. The molecule has 0 amide bonds. The van der Waals surface area contributed by atoms with Gasteiger partial charge in [-0.05, 0) is 12.1 Å². The smallest absolute Gasteiger partial charge is 0.151 e. The fourth-order valence-electron chi connectivity index (χ4n) is 0.770. The first-order valence-corrected chi connectivity index (χ1v) is 3.39. The predicted molar refractivity (Wildman–Crippen MR) is 42.5 cm³/mol. The van der Waals surface area contributed by atoms with Gasteiger partial charge in [0.25, 0.3) is 0 Å². The molecule has 0 saturated heterocycles. The molecule has 0 aliphatic carbocycles. The first-order valence-electron chi connectivity index (χ1n) is 3.01. The molecule has 12 heavy (non-hydrogen) atoms. The van der Waals surface area contributed by atoms with E-state index in [1.54, 1.807) is 12.1 Å². The number of benzene rings is 1. The van der Waals surface area contributed by atoms with Crippen molar-refractivity contribution in [2.45, 2.75) is 0 Å². The molecule has 4 heteroatoms. The highest BCUT2D eigenvalue weighted by molar-refractivity contribution is 6.30. The normalized spacial score (nSPS) is 8.58. The molecule has 0 radical (unpaired) electrons. The summed E-state index contributed by atoms with van der Waals surface area (Å²) in [5.74, 6) is -0.315. The van der Waals surface area contributed by atoms with Gasteiger partial charge in [-0.25, -0.2) is 0 Å².